The third kappa shape index (κ3) is 10.2. The van der Waals surface area contributed by atoms with Crippen molar-refractivity contribution < 1.29 is 8.42 Å². The monoisotopic (exact) mass is 235 g/mol. The van der Waals surface area contributed by atoms with Gasteiger partial charge < -0.3 is 5.32 Å². The van der Waals surface area contributed by atoms with Crippen molar-refractivity contribution in [3.05, 3.63) is 0 Å². The zero-order valence-electron chi connectivity index (χ0n) is 10.5. The van der Waals surface area contributed by atoms with Gasteiger partial charge in [0.25, 0.3) is 0 Å². The lowest BCUT2D eigenvalue weighted by atomic mass is 10.1. The Bertz CT molecular complexity index is 252. The van der Waals surface area contributed by atoms with Gasteiger partial charge >= 0.3 is 0 Å². The maximum absolute atomic E-state index is 11.6. The summed E-state index contributed by atoms with van der Waals surface area (Å²) < 4.78 is 23.1. The average molecular weight is 235 g/mol. The number of hydrogen-bond acceptors (Lipinski definition) is 3. The molecule has 0 saturated heterocycles. The Morgan fingerprint density at radius 1 is 1.07 bits per heavy atom. The van der Waals surface area contributed by atoms with E-state index in [1.807, 2.05) is 20.8 Å². The van der Waals surface area contributed by atoms with Gasteiger partial charge in [-0.15, -0.1) is 0 Å². The first-order valence-corrected chi connectivity index (χ1v) is 7.54. The van der Waals surface area contributed by atoms with Gasteiger partial charge in [-0.1, -0.05) is 19.8 Å². The van der Waals surface area contributed by atoms with Gasteiger partial charge in [-0.2, -0.15) is 0 Å². The largest absolute Gasteiger partial charge is 0.311 e. The van der Waals surface area contributed by atoms with Crippen molar-refractivity contribution in [1.82, 2.24) is 5.32 Å². The summed E-state index contributed by atoms with van der Waals surface area (Å²) in [5.41, 5.74) is -0.00105. The van der Waals surface area contributed by atoms with Crippen molar-refractivity contribution in [3.8, 4) is 0 Å². The maximum Gasteiger partial charge on any atom is 0.151 e. The standard InChI is InChI=1S/C11H25NO2S/c1-5-6-7-9-15(13,14)10-8-12-11(2,3)4/h12H,5-10H2,1-4H3. The van der Waals surface area contributed by atoms with Gasteiger partial charge in [-0.25, -0.2) is 8.42 Å². The molecule has 15 heavy (non-hydrogen) atoms. The molecule has 0 rings (SSSR count). The lowest BCUT2D eigenvalue weighted by molar-refractivity contribution is 0.438. The Morgan fingerprint density at radius 3 is 2.13 bits per heavy atom. The maximum atomic E-state index is 11.6. The fourth-order valence-corrected chi connectivity index (χ4v) is 2.52. The van der Waals surface area contributed by atoms with Crippen molar-refractivity contribution in [2.45, 2.75) is 52.5 Å². The zero-order chi connectivity index (χ0) is 11.9. The molecule has 0 aromatic heterocycles. The molecule has 0 heterocycles. The van der Waals surface area contributed by atoms with Gasteiger partial charge in [-0.3, -0.25) is 0 Å². The summed E-state index contributed by atoms with van der Waals surface area (Å²) in [7, 11) is -2.84. The van der Waals surface area contributed by atoms with E-state index < -0.39 is 9.84 Å². The number of hydrogen-bond donors (Lipinski definition) is 1. The van der Waals surface area contributed by atoms with Crippen molar-refractivity contribution >= 4 is 9.84 Å². The van der Waals surface area contributed by atoms with E-state index in [-0.39, 0.29) is 11.3 Å². The highest BCUT2D eigenvalue weighted by Gasteiger charge is 2.13. The van der Waals surface area contributed by atoms with E-state index in [0.717, 1.165) is 19.3 Å². The number of unbranched alkanes of at least 4 members (excludes halogenated alkanes) is 2. The van der Waals surface area contributed by atoms with Crippen molar-refractivity contribution in [1.29, 1.82) is 0 Å². The predicted molar refractivity (Wildman–Crippen MR) is 65.9 cm³/mol. The minimum atomic E-state index is -2.84. The second-order valence-electron chi connectivity index (χ2n) is 5.04. The molecule has 0 atom stereocenters. The lowest BCUT2D eigenvalue weighted by Gasteiger charge is -2.20. The first-order valence-electron chi connectivity index (χ1n) is 5.72. The molecule has 1 N–H and O–H groups in total. The molecule has 0 aliphatic carbocycles. The summed E-state index contributed by atoms with van der Waals surface area (Å²) in [5.74, 6) is 0.598. The second-order valence-corrected chi connectivity index (χ2v) is 7.34. The first-order chi connectivity index (χ1) is 6.77. The Hall–Kier alpha value is -0.0900. The molecule has 0 aliphatic heterocycles. The van der Waals surface area contributed by atoms with E-state index in [9.17, 15) is 8.42 Å². The third-order valence-electron chi connectivity index (χ3n) is 2.13. The molecule has 4 heteroatoms. The Balaban J connectivity index is 3.75. The van der Waals surface area contributed by atoms with Crippen LogP contribution in [0.3, 0.4) is 0 Å². The molecule has 3 nitrogen and oxygen atoms in total. The van der Waals surface area contributed by atoms with Crippen molar-refractivity contribution in [2.24, 2.45) is 0 Å². The quantitative estimate of drug-likeness (QED) is 0.686. The number of nitrogens with one attached hydrogen (secondary N) is 1. The van der Waals surface area contributed by atoms with Gasteiger partial charge in [0.05, 0.1) is 11.5 Å². The van der Waals surface area contributed by atoms with Gasteiger partial charge in [-0.05, 0) is 27.2 Å². The minimum Gasteiger partial charge on any atom is -0.311 e. The van der Waals surface area contributed by atoms with Crippen LogP contribution >= 0.6 is 0 Å². The summed E-state index contributed by atoms with van der Waals surface area (Å²) in [6.45, 7) is 8.75. The number of rotatable bonds is 7. The van der Waals surface area contributed by atoms with Crippen LogP contribution in [0.4, 0.5) is 0 Å². The molecule has 0 unspecified atom stereocenters. The van der Waals surface area contributed by atoms with E-state index in [1.54, 1.807) is 0 Å². The van der Waals surface area contributed by atoms with E-state index in [2.05, 4.69) is 12.2 Å². The van der Waals surface area contributed by atoms with E-state index >= 15 is 0 Å². The summed E-state index contributed by atoms with van der Waals surface area (Å²) in [4.78, 5) is 0. The molecular formula is C11H25NO2S. The van der Waals surface area contributed by atoms with Gasteiger partial charge in [0.15, 0.2) is 9.84 Å². The normalized spacial score (nSPS) is 13.1. The summed E-state index contributed by atoms with van der Waals surface area (Å²) >= 11 is 0. The molecular weight excluding hydrogens is 210 g/mol. The fourth-order valence-electron chi connectivity index (χ4n) is 1.26. The van der Waals surface area contributed by atoms with E-state index in [1.165, 1.54) is 0 Å². The summed E-state index contributed by atoms with van der Waals surface area (Å²) in [6, 6.07) is 0. The molecule has 0 saturated carbocycles. The molecule has 0 amide bonds. The van der Waals surface area contributed by atoms with Crippen molar-refractivity contribution in [3.63, 3.8) is 0 Å². The highest BCUT2D eigenvalue weighted by Crippen LogP contribution is 2.01. The molecule has 0 aromatic carbocycles. The molecule has 0 aliphatic rings. The molecule has 0 radical (unpaired) electrons. The van der Waals surface area contributed by atoms with Crippen LogP contribution in [0.5, 0.6) is 0 Å². The Labute approximate surface area is 94.6 Å². The number of sulfone groups is 1. The zero-order valence-corrected chi connectivity index (χ0v) is 11.3. The highest BCUT2D eigenvalue weighted by molar-refractivity contribution is 7.91. The summed E-state index contributed by atoms with van der Waals surface area (Å²) in [5, 5.41) is 3.19. The van der Waals surface area contributed by atoms with Gasteiger partial charge in [0.2, 0.25) is 0 Å². The topological polar surface area (TPSA) is 46.2 Å². The highest BCUT2D eigenvalue weighted by atomic mass is 32.2. The average Bonchev–Trinajstić information content (AvgIpc) is 2.01. The third-order valence-corrected chi connectivity index (χ3v) is 3.86. The molecule has 0 spiro atoms. The first kappa shape index (κ1) is 14.9. The van der Waals surface area contributed by atoms with Crippen LogP contribution in [0.15, 0.2) is 0 Å². The molecule has 0 fully saturated rings. The van der Waals surface area contributed by atoms with Crippen LogP contribution in [0.1, 0.15) is 47.0 Å². The van der Waals surface area contributed by atoms with E-state index in [4.69, 9.17) is 0 Å². The van der Waals surface area contributed by atoms with E-state index in [0.29, 0.717) is 12.3 Å². The SMILES string of the molecule is CCCCCS(=O)(=O)CCNC(C)(C)C. The van der Waals surface area contributed by atoms with Gasteiger partial charge in [0.1, 0.15) is 0 Å². The van der Waals surface area contributed by atoms with Gasteiger partial charge in [0, 0.05) is 12.1 Å². The van der Waals surface area contributed by atoms with Crippen LogP contribution in [0.2, 0.25) is 0 Å². The molecule has 0 bridgehead atoms. The molecule has 0 aromatic rings. The van der Waals surface area contributed by atoms with Crippen molar-refractivity contribution in [2.75, 3.05) is 18.1 Å². The Kier molecular flexibility index (Phi) is 6.44. The smallest absolute Gasteiger partial charge is 0.151 e. The second kappa shape index (κ2) is 6.48. The van der Waals surface area contributed by atoms with Crippen LogP contribution in [0.25, 0.3) is 0 Å². The lowest BCUT2D eigenvalue weighted by Crippen LogP contribution is -2.39. The summed E-state index contributed by atoms with van der Waals surface area (Å²) in [6.07, 6.45) is 2.87. The van der Waals surface area contributed by atoms with Crippen LogP contribution in [0, 0.1) is 0 Å². The predicted octanol–water partition coefficient (Wildman–Crippen LogP) is 1.98. The minimum absolute atomic E-state index is 0.00105. The fraction of sp³-hybridized carbons (Fsp3) is 1.00. The van der Waals surface area contributed by atoms with Crippen LogP contribution in [-0.2, 0) is 9.84 Å². The Morgan fingerprint density at radius 2 is 1.67 bits per heavy atom. The van der Waals surface area contributed by atoms with Crippen LogP contribution in [-0.4, -0.2) is 32.0 Å². The molecule has 92 valence electrons. The van der Waals surface area contributed by atoms with Crippen LogP contribution < -0.4 is 5.32 Å².